The van der Waals surface area contributed by atoms with Crippen molar-refractivity contribution in [2.75, 3.05) is 5.32 Å². The molecule has 0 saturated carbocycles. The highest BCUT2D eigenvalue weighted by molar-refractivity contribution is 6.35. The minimum Gasteiger partial charge on any atom is -0.339 e. The van der Waals surface area contributed by atoms with E-state index in [1.54, 1.807) is 30.5 Å². The molecule has 1 aromatic heterocycles. The van der Waals surface area contributed by atoms with Crippen LogP contribution in [0.4, 0.5) is 11.5 Å². The van der Waals surface area contributed by atoms with Gasteiger partial charge in [0.2, 0.25) is 0 Å². The summed E-state index contributed by atoms with van der Waals surface area (Å²) in [5.74, 6) is 0.552. The van der Waals surface area contributed by atoms with Gasteiger partial charge in [-0.25, -0.2) is 4.98 Å². The Labute approximate surface area is 115 Å². The number of aryl methyl sites for hydroxylation is 1. The third-order valence-electron chi connectivity index (χ3n) is 2.40. The van der Waals surface area contributed by atoms with E-state index in [2.05, 4.69) is 10.3 Å². The molecule has 0 spiro atoms. The monoisotopic (exact) mass is 277 g/mol. The van der Waals surface area contributed by atoms with Gasteiger partial charge in [-0.2, -0.15) is 5.26 Å². The van der Waals surface area contributed by atoms with Gasteiger partial charge in [0, 0.05) is 11.2 Å². The van der Waals surface area contributed by atoms with E-state index in [0.29, 0.717) is 27.1 Å². The molecule has 18 heavy (non-hydrogen) atoms. The molecule has 0 amide bonds. The van der Waals surface area contributed by atoms with E-state index in [1.807, 2.05) is 13.0 Å². The average Bonchev–Trinajstić information content (AvgIpc) is 2.36. The lowest BCUT2D eigenvalue weighted by atomic mass is 10.2. The molecule has 5 heteroatoms. The predicted molar refractivity (Wildman–Crippen MR) is 73.4 cm³/mol. The van der Waals surface area contributed by atoms with Crippen molar-refractivity contribution in [1.82, 2.24) is 4.98 Å². The van der Waals surface area contributed by atoms with E-state index in [-0.39, 0.29) is 0 Å². The van der Waals surface area contributed by atoms with Crippen molar-refractivity contribution in [2.24, 2.45) is 0 Å². The van der Waals surface area contributed by atoms with Gasteiger partial charge in [-0.3, -0.25) is 0 Å². The fourth-order valence-corrected chi connectivity index (χ4v) is 1.88. The Balaban J connectivity index is 2.34. The number of halogens is 2. The first-order valence-electron chi connectivity index (χ1n) is 5.19. The maximum Gasteiger partial charge on any atom is 0.131 e. The average molecular weight is 278 g/mol. The number of aromatic nitrogens is 1. The number of pyridine rings is 1. The first kappa shape index (κ1) is 12.7. The second-order valence-corrected chi connectivity index (χ2v) is 4.56. The summed E-state index contributed by atoms with van der Waals surface area (Å²) in [6, 6.07) is 8.84. The van der Waals surface area contributed by atoms with Crippen LogP contribution in [0.2, 0.25) is 10.0 Å². The Hall–Kier alpha value is -1.76. The van der Waals surface area contributed by atoms with Gasteiger partial charge in [-0.05, 0) is 36.8 Å². The second-order valence-electron chi connectivity index (χ2n) is 3.75. The zero-order valence-corrected chi connectivity index (χ0v) is 11.0. The number of nitrogens with zero attached hydrogens (tertiary/aromatic N) is 2. The SMILES string of the molecule is Cc1cc(Cl)c(Nc2cc(C#N)ccn2)cc1Cl. The summed E-state index contributed by atoms with van der Waals surface area (Å²) in [6.07, 6.45) is 1.56. The molecule has 0 aliphatic rings. The Morgan fingerprint density at radius 3 is 2.72 bits per heavy atom. The Bertz CT molecular complexity index is 633. The molecule has 2 aromatic rings. The van der Waals surface area contributed by atoms with Crippen LogP contribution in [-0.4, -0.2) is 4.98 Å². The van der Waals surface area contributed by atoms with Crippen LogP contribution < -0.4 is 5.32 Å². The maximum absolute atomic E-state index is 8.81. The van der Waals surface area contributed by atoms with Crippen molar-refractivity contribution in [3.8, 4) is 6.07 Å². The first-order chi connectivity index (χ1) is 8.60. The zero-order chi connectivity index (χ0) is 13.1. The Morgan fingerprint density at radius 1 is 1.22 bits per heavy atom. The van der Waals surface area contributed by atoms with E-state index < -0.39 is 0 Å². The molecule has 3 nitrogen and oxygen atoms in total. The minimum absolute atomic E-state index is 0.529. The van der Waals surface area contributed by atoms with Crippen molar-refractivity contribution in [2.45, 2.75) is 6.92 Å². The summed E-state index contributed by atoms with van der Waals surface area (Å²) in [5, 5.41) is 13.0. The minimum atomic E-state index is 0.529. The molecule has 0 bridgehead atoms. The smallest absolute Gasteiger partial charge is 0.131 e. The summed E-state index contributed by atoms with van der Waals surface area (Å²) >= 11 is 12.2. The molecule has 0 saturated heterocycles. The lowest BCUT2D eigenvalue weighted by Gasteiger charge is -2.09. The largest absolute Gasteiger partial charge is 0.339 e. The van der Waals surface area contributed by atoms with Crippen LogP contribution in [0.15, 0.2) is 30.5 Å². The summed E-state index contributed by atoms with van der Waals surface area (Å²) in [6.45, 7) is 1.88. The Morgan fingerprint density at radius 2 is 2.00 bits per heavy atom. The fraction of sp³-hybridized carbons (Fsp3) is 0.0769. The van der Waals surface area contributed by atoms with E-state index in [1.165, 1.54) is 0 Å². The van der Waals surface area contributed by atoms with Gasteiger partial charge in [-0.15, -0.1) is 0 Å². The van der Waals surface area contributed by atoms with Crippen LogP contribution >= 0.6 is 23.2 Å². The number of anilines is 2. The first-order valence-corrected chi connectivity index (χ1v) is 5.94. The van der Waals surface area contributed by atoms with E-state index >= 15 is 0 Å². The lowest BCUT2D eigenvalue weighted by Crippen LogP contribution is -1.95. The van der Waals surface area contributed by atoms with Crippen LogP contribution in [0.3, 0.4) is 0 Å². The van der Waals surface area contributed by atoms with Crippen LogP contribution in [-0.2, 0) is 0 Å². The summed E-state index contributed by atoms with van der Waals surface area (Å²) in [7, 11) is 0. The molecule has 90 valence electrons. The standard InChI is InChI=1S/C13H9Cl2N3/c1-8-4-11(15)12(6-10(8)14)18-13-5-9(7-16)2-3-17-13/h2-6H,1H3,(H,17,18). The van der Waals surface area contributed by atoms with E-state index in [9.17, 15) is 0 Å². The molecule has 0 unspecified atom stereocenters. The highest BCUT2D eigenvalue weighted by Gasteiger charge is 2.06. The van der Waals surface area contributed by atoms with Gasteiger partial charge in [-0.1, -0.05) is 23.2 Å². The van der Waals surface area contributed by atoms with Gasteiger partial charge in [0.25, 0.3) is 0 Å². The molecule has 2 rings (SSSR count). The van der Waals surface area contributed by atoms with Crippen LogP contribution in [0.25, 0.3) is 0 Å². The van der Waals surface area contributed by atoms with E-state index in [0.717, 1.165) is 5.56 Å². The van der Waals surface area contributed by atoms with Crippen LogP contribution in [0.1, 0.15) is 11.1 Å². The molecular formula is C13H9Cl2N3. The summed E-state index contributed by atoms with van der Waals surface area (Å²) < 4.78 is 0. The van der Waals surface area contributed by atoms with Crippen molar-refractivity contribution in [3.63, 3.8) is 0 Å². The van der Waals surface area contributed by atoms with Crippen molar-refractivity contribution in [1.29, 1.82) is 5.26 Å². The van der Waals surface area contributed by atoms with E-state index in [4.69, 9.17) is 28.5 Å². The van der Waals surface area contributed by atoms with Crippen molar-refractivity contribution in [3.05, 3.63) is 51.6 Å². The Kier molecular flexibility index (Phi) is 3.71. The molecule has 1 aromatic carbocycles. The number of hydrogen-bond donors (Lipinski definition) is 1. The van der Waals surface area contributed by atoms with Crippen LogP contribution in [0.5, 0.6) is 0 Å². The number of hydrogen-bond acceptors (Lipinski definition) is 3. The quantitative estimate of drug-likeness (QED) is 0.890. The molecule has 0 aliphatic carbocycles. The molecule has 1 N–H and O–H groups in total. The zero-order valence-electron chi connectivity index (χ0n) is 9.54. The third-order valence-corrected chi connectivity index (χ3v) is 3.12. The number of benzene rings is 1. The molecule has 0 aliphatic heterocycles. The predicted octanol–water partition coefficient (Wildman–Crippen LogP) is 4.31. The highest BCUT2D eigenvalue weighted by Crippen LogP contribution is 2.30. The van der Waals surface area contributed by atoms with Gasteiger partial charge >= 0.3 is 0 Å². The van der Waals surface area contributed by atoms with Crippen molar-refractivity contribution < 1.29 is 0 Å². The normalized spacial score (nSPS) is 9.89. The number of nitriles is 1. The lowest BCUT2D eigenvalue weighted by molar-refractivity contribution is 1.29. The van der Waals surface area contributed by atoms with Gasteiger partial charge < -0.3 is 5.32 Å². The topological polar surface area (TPSA) is 48.7 Å². The molecule has 0 radical (unpaired) electrons. The fourth-order valence-electron chi connectivity index (χ4n) is 1.45. The van der Waals surface area contributed by atoms with Crippen molar-refractivity contribution >= 4 is 34.7 Å². The highest BCUT2D eigenvalue weighted by atomic mass is 35.5. The van der Waals surface area contributed by atoms with Gasteiger partial charge in [0.1, 0.15) is 5.82 Å². The number of rotatable bonds is 2. The molecule has 0 fully saturated rings. The van der Waals surface area contributed by atoms with Gasteiger partial charge in [0.15, 0.2) is 0 Å². The molecular weight excluding hydrogens is 269 g/mol. The summed E-state index contributed by atoms with van der Waals surface area (Å²) in [4.78, 5) is 4.11. The number of nitrogens with one attached hydrogen (secondary N) is 1. The molecule has 0 atom stereocenters. The third kappa shape index (κ3) is 2.73. The van der Waals surface area contributed by atoms with Gasteiger partial charge in [0.05, 0.1) is 22.3 Å². The molecule has 1 heterocycles. The maximum atomic E-state index is 8.81. The van der Waals surface area contributed by atoms with Crippen LogP contribution in [0, 0.1) is 18.3 Å². The summed E-state index contributed by atoms with van der Waals surface area (Å²) in [5.41, 5.74) is 2.10. The second kappa shape index (κ2) is 5.26.